The quantitative estimate of drug-likeness (QED) is 0.837. The van der Waals surface area contributed by atoms with Crippen LogP contribution >= 0.6 is 22.6 Å². The van der Waals surface area contributed by atoms with Gasteiger partial charge in [0.25, 0.3) is 0 Å². The van der Waals surface area contributed by atoms with E-state index in [1.807, 2.05) is 25.1 Å². The van der Waals surface area contributed by atoms with Crippen molar-refractivity contribution in [3.05, 3.63) is 27.3 Å². The van der Waals surface area contributed by atoms with Gasteiger partial charge in [-0.3, -0.25) is 4.79 Å². The molecule has 3 nitrogen and oxygen atoms in total. The molecule has 1 aromatic carbocycles. The van der Waals surface area contributed by atoms with Gasteiger partial charge in [0.2, 0.25) is 5.91 Å². The zero-order valence-electron chi connectivity index (χ0n) is 9.83. The largest absolute Gasteiger partial charge is 0.381 e. The van der Waals surface area contributed by atoms with Crippen molar-refractivity contribution in [2.24, 2.45) is 5.92 Å². The number of rotatable bonds is 2. The minimum Gasteiger partial charge on any atom is -0.381 e. The number of carbonyl (C=O) groups is 1. The second kappa shape index (κ2) is 5.82. The molecule has 0 aliphatic carbocycles. The number of anilines is 1. The molecule has 1 saturated heterocycles. The van der Waals surface area contributed by atoms with Crippen LogP contribution in [0.3, 0.4) is 0 Å². The van der Waals surface area contributed by atoms with Crippen LogP contribution in [0.15, 0.2) is 18.2 Å². The van der Waals surface area contributed by atoms with Crippen LogP contribution in [0.2, 0.25) is 0 Å². The number of hydrogen-bond acceptors (Lipinski definition) is 2. The van der Waals surface area contributed by atoms with Crippen LogP contribution in [0.25, 0.3) is 0 Å². The standard InChI is InChI=1S/C13H16INO2/c1-9-8-11(2-3-12(9)14)15-13(16)10-4-6-17-7-5-10/h2-3,8,10H,4-7H2,1H3,(H,15,16). The molecule has 2 rings (SSSR count). The van der Waals surface area contributed by atoms with Crippen molar-refractivity contribution in [1.29, 1.82) is 0 Å². The fraction of sp³-hybridized carbons (Fsp3) is 0.462. The summed E-state index contributed by atoms with van der Waals surface area (Å²) in [4.78, 5) is 12.0. The minimum absolute atomic E-state index is 0.100. The van der Waals surface area contributed by atoms with Crippen LogP contribution < -0.4 is 5.32 Å². The molecule has 0 aromatic heterocycles. The lowest BCUT2D eigenvalue weighted by molar-refractivity contribution is -0.122. The maximum Gasteiger partial charge on any atom is 0.227 e. The molecular formula is C13H16INO2. The molecule has 1 heterocycles. The minimum atomic E-state index is 0.100. The first kappa shape index (κ1) is 12.8. The molecule has 0 spiro atoms. The van der Waals surface area contributed by atoms with E-state index >= 15 is 0 Å². The highest BCUT2D eigenvalue weighted by Crippen LogP contribution is 2.20. The topological polar surface area (TPSA) is 38.3 Å². The smallest absolute Gasteiger partial charge is 0.227 e. The average Bonchev–Trinajstić information content (AvgIpc) is 2.35. The Morgan fingerprint density at radius 1 is 1.41 bits per heavy atom. The SMILES string of the molecule is Cc1cc(NC(=O)C2CCOCC2)ccc1I. The van der Waals surface area contributed by atoms with Crippen molar-refractivity contribution >= 4 is 34.2 Å². The average molecular weight is 345 g/mol. The predicted molar refractivity (Wildman–Crippen MR) is 76.1 cm³/mol. The molecule has 0 atom stereocenters. The van der Waals surface area contributed by atoms with Crippen LogP contribution in [0.5, 0.6) is 0 Å². The van der Waals surface area contributed by atoms with E-state index < -0.39 is 0 Å². The Kier molecular flexibility index (Phi) is 4.39. The fourth-order valence-corrected chi connectivity index (χ4v) is 2.26. The number of nitrogens with one attached hydrogen (secondary N) is 1. The van der Waals surface area contributed by atoms with Gasteiger partial charge in [-0.2, -0.15) is 0 Å². The van der Waals surface area contributed by atoms with E-state index in [0.717, 1.165) is 18.5 Å². The van der Waals surface area contributed by atoms with Crippen molar-refractivity contribution in [2.45, 2.75) is 19.8 Å². The third kappa shape index (κ3) is 3.42. The van der Waals surface area contributed by atoms with Crippen LogP contribution in [-0.4, -0.2) is 19.1 Å². The number of hydrogen-bond donors (Lipinski definition) is 1. The molecule has 1 aromatic rings. The summed E-state index contributed by atoms with van der Waals surface area (Å²) in [5.74, 6) is 0.220. The molecule has 17 heavy (non-hydrogen) atoms. The molecule has 1 N–H and O–H groups in total. The van der Waals surface area contributed by atoms with Gasteiger partial charge in [-0.1, -0.05) is 0 Å². The van der Waals surface area contributed by atoms with E-state index in [1.165, 1.54) is 9.13 Å². The number of ether oxygens (including phenoxy) is 1. The van der Waals surface area contributed by atoms with E-state index in [9.17, 15) is 4.79 Å². The van der Waals surface area contributed by atoms with Crippen LogP contribution in [-0.2, 0) is 9.53 Å². The highest BCUT2D eigenvalue weighted by molar-refractivity contribution is 14.1. The molecular weight excluding hydrogens is 329 g/mol. The van der Waals surface area contributed by atoms with Crippen LogP contribution in [0.1, 0.15) is 18.4 Å². The molecule has 0 radical (unpaired) electrons. The highest BCUT2D eigenvalue weighted by Gasteiger charge is 2.21. The summed E-state index contributed by atoms with van der Waals surface area (Å²) in [6, 6.07) is 5.99. The number of halogens is 1. The molecule has 0 saturated carbocycles. The van der Waals surface area contributed by atoms with E-state index in [1.54, 1.807) is 0 Å². The molecule has 1 amide bonds. The van der Waals surface area contributed by atoms with Crippen LogP contribution in [0, 0.1) is 16.4 Å². The van der Waals surface area contributed by atoms with E-state index in [0.29, 0.717) is 13.2 Å². The van der Waals surface area contributed by atoms with Crippen molar-refractivity contribution in [3.63, 3.8) is 0 Å². The Labute approximate surface area is 115 Å². The molecule has 4 heteroatoms. The maximum atomic E-state index is 12.0. The predicted octanol–water partition coefficient (Wildman–Crippen LogP) is 2.96. The Hall–Kier alpha value is -0.620. The van der Waals surface area contributed by atoms with Gasteiger partial charge in [-0.25, -0.2) is 0 Å². The zero-order valence-corrected chi connectivity index (χ0v) is 12.0. The Bertz CT molecular complexity index is 414. The van der Waals surface area contributed by atoms with E-state index in [2.05, 4.69) is 27.9 Å². The normalized spacial score (nSPS) is 16.8. The van der Waals surface area contributed by atoms with Gasteiger partial charge in [0.1, 0.15) is 0 Å². The van der Waals surface area contributed by atoms with Gasteiger partial charge in [0.05, 0.1) is 0 Å². The lowest BCUT2D eigenvalue weighted by atomic mass is 9.99. The van der Waals surface area contributed by atoms with E-state index in [4.69, 9.17) is 4.74 Å². The van der Waals surface area contributed by atoms with Crippen LogP contribution in [0.4, 0.5) is 5.69 Å². The fourth-order valence-electron chi connectivity index (χ4n) is 1.93. The summed E-state index contributed by atoms with van der Waals surface area (Å²) in [5.41, 5.74) is 2.08. The third-order valence-electron chi connectivity index (χ3n) is 3.02. The summed E-state index contributed by atoms with van der Waals surface area (Å²) in [6.45, 7) is 3.44. The summed E-state index contributed by atoms with van der Waals surface area (Å²) >= 11 is 2.29. The molecule has 92 valence electrons. The lowest BCUT2D eigenvalue weighted by Crippen LogP contribution is -2.28. The lowest BCUT2D eigenvalue weighted by Gasteiger charge is -2.21. The Balaban J connectivity index is 1.99. The van der Waals surface area contributed by atoms with Crippen molar-refractivity contribution in [2.75, 3.05) is 18.5 Å². The zero-order chi connectivity index (χ0) is 12.3. The highest BCUT2D eigenvalue weighted by atomic mass is 127. The van der Waals surface area contributed by atoms with Crippen molar-refractivity contribution < 1.29 is 9.53 Å². The van der Waals surface area contributed by atoms with Gasteiger partial charge in [0.15, 0.2) is 0 Å². The van der Waals surface area contributed by atoms with Gasteiger partial charge in [0, 0.05) is 28.4 Å². The molecule has 1 aliphatic heterocycles. The molecule has 1 fully saturated rings. The first-order chi connectivity index (χ1) is 8.16. The summed E-state index contributed by atoms with van der Waals surface area (Å²) in [6.07, 6.45) is 1.66. The second-order valence-corrected chi connectivity index (χ2v) is 5.50. The van der Waals surface area contributed by atoms with Crippen molar-refractivity contribution in [3.8, 4) is 0 Å². The van der Waals surface area contributed by atoms with Gasteiger partial charge in [-0.05, 0) is 66.1 Å². The number of carbonyl (C=O) groups excluding carboxylic acids is 1. The summed E-state index contributed by atoms with van der Waals surface area (Å²) < 4.78 is 6.47. The van der Waals surface area contributed by atoms with Crippen molar-refractivity contribution in [1.82, 2.24) is 0 Å². The van der Waals surface area contributed by atoms with Gasteiger partial charge < -0.3 is 10.1 Å². The maximum absolute atomic E-state index is 12.0. The number of benzene rings is 1. The summed E-state index contributed by atoms with van der Waals surface area (Å²) in [5, 5.41) is 2.98. The molecule has 0 bridgehead atoms. The first-order valence-electron chi connectivity index (χ1n) is 5.81. The first-order valence-corrected chi connectivity index (χ1v) is 6.89. The second-order valence-electron chi connectivity index (χ2n) is 4.34. The Morgan fingerprint density at radius 3 is 2.76 bits per heavy atom. The number of aryl methyl sites for hydroxylation is 1. The number of amides is 1. The van der Waals surface area contributed by atoms with E-state index in [-0.39, 0.29) is 11.8 Å². The monoisotopic (exact) mass is 345 g/mol. The molecule has 0 unspecified atom stereocenters. The molecule has 1 aliphatic rings. The Morgan fingerprint density at radius 2 is 2.12 bits per heavy atom. The van der Waals surface area contributed by atoms with Gasteiger partial charge >= 0.3 is 0 Å². The third-order valence-corrected chi connectivity index (χ3v) is 4.23. The van der Waals surface area contributed by atoms with Gasteiger partial charge in [-0.15, -0.1) is 0 Å². The summed E-state index contributed by atoms with van der Waals surface area (Å²) in [7, 11) is 0.